The molecule has 0 saturated heterocycles. The van der Waals surface area contributed by atoms with Crippen molar-refractivity contribution in [2.75, 3.05) is 6.54 Å². The minimum absolute atomic E-state index is 0.0286. The van der Waals surface area contributed by atoms with Crippen LogP contribution < -0.4 is 4.72 Å². The maximum Gasteiger partial charge on any atom is 0.242 e. The lowest BCUT2D eigenvalue weighted by Crippen LogP contribution is -2.32. The lowest BCUT2D eigenvalue weighted by Gasteiger charge is -2.25. The summed E-state index contributed by atoms with van der Waals surface area (Å²) < 4.78 is 40.0. The lowest BCUT2D eigenvalue weighted by atomic mass is 9.89. The van der Waals surface area contributed by atoms with Gasteiger partial charge in [0.05, 0.1) is 5.02 Å². The van der Waals surface area contributed by atoms with E-state index in [-0.39, 0.29) is 9.92 Å². The van der Waals surface area contributed by atoms with Gasteiger partial charge in [0.2, 0.25) is 10.0 Å². The second kappa shape index (κ2) is 6.73. The van der Waals surface area contributed by atoms with Gasteiger partial charge in [-0.15, -0.1) is 0 Å². The molecule has 0 aliphatic heterocycles. The second-order valence-corrected chi connectivity index (χ2v) is 8.49. The van der Waals surface area contributed by atoms with Crippen LogP contribution in [0.2, 0.25) is 5.02 Å². The van der Waals surface area contributed by atoms with Gasteiger partial charge in [0.25, 0.3) is 0 Å². The Morgan fingerprint density at radius 3 is 2.85 bits per heavy atom. The van der Waals surface area contributed by atoms with E-state index in [0.29, 0.717) is 17.3 Å². The molecular formula is C13H16BrClFNO2S. The van der Waals surface area contributed by atoms with Gasteiger partial charge in [-0.05, 0) is 43.4 Å². The van der Waals surface area contributed by atoms with Crippen molar-refractivity contribution in [3.8, 4) is 0 Å². The first kappa shape index (κ1) is 16.2. The van der Waals surface area contributed by atoms with Crippen LogP contribution in [0, 0.1) is 11.7 Å². The minimum Gasteiger partial charge on any atom is -0.211 e. The van der Waals surface area contributed by atoms with Crippen LogP contribution in [0.5, 0.6) is 0 Å². The van der Waals surface area contributed by atoms with Gasteiger partial charge in [0, 0.05) is 11.4 Å². The summed E-state index contributed by atoms with van der Waals surface area (Å²) in [6, 6.07) is 3.33. The van der Waals surface area contributed by atoms with Gasteiger partial charge in [-0.3, -0.25) is 0 Å². The van der Waals surface area contributed by atoms with E-state index in [1.54, 1.807) is 0 Å². The molecule has 1 aliphatic rings. The minimum atomic E-state index is -3.77. The molecule has 7 heteroatoms. The van der Waals surface area contributed by atoms with E-state index in [1.807, 2.05) is 0 Å². The molecule has 112 valence electrons. The molecular weight excluding hydrogens is 369 g/mol. The zero-order chi connectivity index (χ0) is 14.8. The van der Waals surface area contributed by atoms with Crippen LogP contribution in [0.4, 0.5) is 4.39 Å². The number of halogens is 3. The summed E-state index contributed by atoms with van der Waals surface area (Å²) in [6.45, 7) is 0.358. The fourth-order valence-electron chi connectivity index (χ4n) is 2.40. The van der Waals surface area contributed by atoms with Gasteiger partial charge in [0.15, 0.2) is 0 Å². The standard InChI is InChI=1S/C13H16BrClFNO2S/c14-10-3-1-2-9(6-10)8-17-20(18,19)13-7-11(16)4-5-12(13)15/h4-5,7,9-10,17H,1-3,6,8H2. The van der Waals surface area contributed by atoms with Gasteiger partial charge in [0.1, 0.15) is 10.7 Å². The molecule has 0 radical (unpaired) electrons. The second-order valence-electron chi connectivity index (χ2n) is 5.06. The zero-order valence-electron chi connectivity index (χ0n) is 10.8. The lowest BCUT2D eigenvalue weighted by molar-refractivity contribution is 0.368. The molecule has 1 aliphatic carbocycles. The third-order valence-corrected chi connectivity index (χ3v) is 6.20. The molecule has 0 heterocycles. The number of rotatable bonds is 4. The molecule has 1 aromatic rings. The largest absolute Gasteiger partial charge is 0.242 e. The van der Waals surface area contributed by atoms with E-state index >= 15 is 0 Å². The highest BCUT2D eigenvalue weighted by Crippen LogP contribution is 2.29. The summed E-state index contributed by atoms with van der Waals surface area (Å²) in [6.07, 6.45) is 4.16. The average molecular weight is 385 g/mol. The van der Waals surface area contributed by atoms with Gasteiger partial charge in [-0.25, -0.2) is 17.5 Å². The number of sulfonamides is 1. The van der Waals surface area contributed by atoms with Crippen molar-refractivity contribution in [1.82, 2.24) is 4.72 Å². The third-order valence-electron chi connectivity index (χ3n) is 3.46. The Hall–Kier alpha value is -0.170. The maximum atomic E-state index is 13.2. The van der Waals surface area contributed by atoms with E-state index in [4.69, 9.17) is 11.6 Å². The summed E-state index contributed by atoms with van der Waals surface area (Å²) in [5.74, 6) is -0.316. The first-order chi connectivity index (χ1) is 9.38. The molecule has 0 aromatic heterocycles. The summed E-state index contributed by atoms with van der Waals surface area (Å²) in [5, 5.41) is 0.0286. The van der Waals surface area contributed by atoms with Crippen molar-refractivity contribution in [2.45, 2.75) is 35.4 Å². The van der Waals surface area contributed by atoms with Gasteiger partial charge >= 0.3 is 0 Å². The molecule has 1 N–H and O–H groups in total. The monoisotopic (exact) mass is 383 g/mol. The van der Waals surface area contributed by atoms with Crippen molar-refractivity contribution in [3.63, 3.8) is 0 Å². The van der Waals surface area contributed by atoms with Crippen LogP contribution in [0.1, 0.15) is 25.7 Å². The van der Waals surface area contributed by atoms with Crippen molar-refractivity contribution < 1.29 is 12.8 Å². The van der Waals surface area contributed by atoms with Crippen molar-refractivity contribution in [2.24, 2.45) is 5.92 Å². The van der Waals surface area contributed by atoms with Gasteiger partial charge < -0.3 is 0 Å². The maximum absolute atomic E-state index is 13.2. The molecule has 2 rings (SSSR count). The molecule has 0 bridgehead atoms. The third kappa shape index (κ3) is 4.16. The highest BCUT2D eigenvalue weighted by molar-refractivity contribution is 9.09. The Labute approximate surface area is 132 Å². The number of nitrogens with one attached hydrogen (secondary N) is 1. The molecule has 2 atom stereocenters. The SMILES string of the molecule is O=S(=O)(NCC1CCCC(Br)C1)c1cc(F)ccc1Cl. The van der Waals surface area contributed by atoms with Crippen molar-refractivity contribution in [1.29, 1.82) is 0 Å². The van der Waals surface area contributed by atoms with Crippen LogP contribution in [-0.4, -0.2) is 19.8 Å². The summed E-state index contributed by atoms with van der Waals surface area (Å²) in [7, 11) is -3.77. The topological polar surface area (TPSA) is 46.2 Å². The number of hydrogen-bond donors (Lipinski definition) is 1. The molecule has 0 spiro atoms. The number of benzene rings is 1. The molecule has 3 nitrogen and oxygen atoms in total. The molecule has 20 heavy (non-hydrogen) atoms. The van der Waals surface area contributed by atoms with Gasteiger partial charge in [-0.1, -0.05) is 34.0 Å². The van der Waals surface area contributed by atoms with E-state index in [9.17, 15) is 12.8 Å². The molecule has 1 saturated carbocycles. The van der Waals surface area contributed by atoms with Crippen LogP contribution in [0.15, 0.2) is 23.1 Å². The predicted molar refractivity (Wildman–Crippen MR) is 81.3 cm³/mol. The Bertz CT molecular complexity index is 582. The van der Waals surface area contributed by atoms with Crippen molar-refractivity contribution in [3.05, 3.63) is 29.0 Å². The average Bonchev–Trinajstić information content (AvgIpc) is 2.39. The Balaban J connectivity index is 2.05. The van der Waals surface area contributed by atoms with E-state index in [1.165, 1.54) is 6.07 Å². The van der Waals surface area contributed by atoms with Crippen LogP contribution in [0.25, 0.3) is 0 Å². The Kier molecular flexibility index (Phi) is 5.45. The Morgan fingerprint density at radius 1 is 1.40 bits per heavy atom. The van der Waals surface area contributed by atoms with Crippen LogP contribution in [-0.2, 0) is 10.0 Å². The first-order valence-electron chi connectivity index (χ1n) is 6.47. The summed E-state index contributed by atoms with van der Waals surface area (Å²) in [5.41, 5.74) is 0. The quantitative estimate of drug-likeness (QED) is 0.804. The predicted octanol–water partition coefficient (Wildman–Crippen LogP) is 3.71. The highest BCUT2D eigenvalue weighted by Gasteiger charge is 2.24. The Morgan fingerprint density at radius 2 is 2.15 bits per heavy atom. The van der Waals surface area contributed by atoms with E-state index < -0.39 is 15.8 Å². The molecule has 2 unspecified atom stereocenters. The summed E-state index contributed by atoms with van der Waals surface area (Å²) in [4.78, 5) is 0.244. The van der Waals surface area contributed by atoms with Gasteiger partial charge in [-0.2, -0.15) is 0 Å². The van der Waals surface area contributed by atoms with E-state index in [0.717, 1.165) is 37.8 Å². The first-order valence-corrected chi connectivity index (χ1v) is 9.25. The fraction of sp³-hybridized carbons (Fsp3) is 0.538. The normalized spacial score (nSPS) is 23.8. The molecule has 1 fully saturated rings. The molecule has 1 aromatic carbocycles. The zero-order valence-corrected chi connectivity index (χ0v) is 13.9. The van der Waals surface area contributed by atoms with Crippen LogP contribution >= 0.6 is 27.5 Å². The number of hydrogen-bond acceptors (Lipinski definition) is 2. The highest BCUT2D eigenvalue weighted by atomic mass is 79.9. The van der Waals surface area contributed by atoms with Crippen molar-refractivity contribution >= 4 is 37.6 Å². The fourth-order valence-corrected chi connectivity index (χ4v) is 4.88. The molecule has 0 amide bonds. The van der Waals surface area contributed by atoms with E-state index in [2.05, 4.69) is 20.7 Å². The summed E-state index contributed by atoms with van der Waals surface area (Å²) >= 11 is 9.40. The smallest absolute Gasteiger partial charge is 0.211 e. The number of alkyl halides is 1. The van der Waals surface area contributed by atoms with Crippen LogP contribution in [0.3, 0.4) is 0 Å².